The summed E-state index contributed by atoms with van der Waals surface area (Å²) in [6, 6.07) is 10.0. The van der Waals surface area contributed by atoms with Crippen LogP contribution in [0.15, 0.2) is 72.8 Å². The Morgan fingerprint density at radius 3 is 0.750 bits per heavy atom. The summed E-state index contributed by atoms with van der Waals surface area (Å²) in [5.41, 5.74) is -3.05. The second-order valence-electron chi connectivity index (χ2n) is 6.94. The Kier molecular flexibility index (Phi) is 5.94. The fraction of sp³-hybridized carbons (Fsp3) is 0.143. The summed E-state index contributed by atoms with van der Waals surface area (Å²) in [6.45, 7) is 0. The number of benzene rings is 3. The van der Waals surface area contributed by atoms with E-state index in [1.807, 2.05) is 0 Å². The maximum Gasteiger partial charge on any atom is 0.416 e. The summed E-state index contributed by atoms with van der Waals surface area (Å²) in [7, 11) is -4.23. The van der Waals surface area contributed by atoms with Crippen LogP contribution in [-0.4, -0.2) is 13.1 Å². The van der Waals surface area contributed by atoms with Gasteiger partial charge in [-0.15, -0.1) is 0 Å². The summed E-state index contributed by atoms with van der Waals surface area (Å²) in [4.78, 5) is 11.6. The molecule has 0 fully saturated rings. The second kappa shape index (κ2) is 7.96. The van der Waals surface area contributed by atoms with Gasteiger partial charge in [0.25, 0.3) is 8.32 Å². The van der Waals surface area contributed by atoms with Crippen molar-refractivity contribution in [1.29, 1.82) is 0 Å². The van der Waals surface area contributed by atoms with Crippen LogP contribution in [0.25, 0.3) is 0 Å². The minimum atomic E-state index is -4.67. The molecule has 0 saturated carbocycles. The van der Waals surface area contributed by atoms with E-state index in [2.05, 4.69) is 0 Å². The molecule has 0 unspecified atom stereocenters. The molecule has 0 amide bonds. The third-order valence-corrected chi connectivity index (χ3v) is 8.40. The van der Waals surface area contributed by atoms with Gasteiger partial charge >= 0.3 is 18.5 Å². The molecule has 1 N–H and O–H groups in total. The number of alkyl halides is 9. The lowest BCUT2D eigenvalue weighted by atomic mass is 10.2. The maximum absolute atomic E-state index is 12.9. The van der Waals surface area contributed by atoms with E-state index in [9.17, 15) is 44.3 Å². The molecule has 11 heteroatoms. The largest absolute Gasteiger partial charge is 0.421 e. The lowest BCUT2D eigenvalue weighted by Gasteiger charge is -2.28. The van der Waals surface area contributed by atoms with Crippen LogP contribution < -0.4 is 15.6 Å². The van der Waals surface area contributed by atoms with Crippen molar-refractivity contribution in [3.05, 3.63) is 89.5 Å². The van der Waals surface area contributed by atoms with Crippen molar-refractivity contribution in [1.82, 2.24) is 0 Å². The highest BCUT2D eigenvalue weighted by Gasteiger charge is 2.41. The maximum atomic E-state index is 12.9. The fourth-order valence-corrected chi connectivity index (χ4v) is 6.15. The molecule has 0 radical (unpaired) electrons. The summed E-state index contributed by atoms with van der Waals surface area (Å²) in [5.74, 6) is 0. The van der Waals surface area contributed by atoms with E-state index < -0.39 is 43.5 Å². The van der Waals surface area contributed by atoms with Crippen molar-refractivity contribution >= 4 is 23.9 Å². The average molecular weight is 480 g/mol. The zero-order valence-corrected chi connectivity index (χ0v) is 16.8. The summed E-state index contributed by atoms with van der Waals surface area (Å²) < 4.78 is 116. The summed E-state index contributed by atoms with van der Waals surface area (Å²) in [5, 5.41) is -0.111. The fourth-order valence-electron chi connectivity index (χ4n) is 3.20. The number of rotatable bonds is 3. The van der Waals surface area contributed by atoms with Gasteiger partial charge in [-0.1, -0.05) is 72.8 Å². The van der Waals surface area contributed by atoms with Crippen LogP contribution in [0.5, 0.6) is 0 Å². The highest BCUT2D eigenvalue weighted by molar-refractivity contribution is 7.06. The standard InChI is InChI=1S/C21H13F9OSi/c22-19(23,24)13-1-7-16(8-2-13)32(31,17-9-3-14(4-10-17)20(25,26)27)18-11-5-15(6-12-18)21(28,29)30/h1-12,31H. The van der Waals surface area contributed by atoms with Crippen LogP contribution in [0.1, 0.15) is 16.7 Å². The lowest BCUT2D eigenvalue weighted by Crippen LogP contribution is -2.67. The highest BCUT2D eigenvalue weighted by atomic mass is 28.4. The van der Waals surface area contributed by atoms with Crippen molar-refractivity contribution in [2.45, 2.75) is 18.5 Å². The van der Waals surface area contributed by atoms with Gasteiger partial charge in [0.05, 0.1) is 16.7 Å². The first kappa shape index (κ1) is 23.9. The van der Waals surface area contributed by atoms with E-state index >= 15 is 0 Å². The average Bonchev–Trinajstić information content (AvgIpc) is 2.71. The molecular formula is C21H13F9OSi. The van der Waals surface area contributed by atoms with Crippen molar-refractivity contribution < 1.29 is 44.3 Å². The van der Waals surface area contributed by atoms with E-state index in [0.717, 1.165) is 36.4 Å². The van der Waals surface area contributed by atoms with Gasteiger partial charge in [-0.05, 0) is 15.6 Å². The Hall–Kier alpha value is -2.79. The minimum absolute atomic E-state index is 0.0370. The van der Waals surface area contributed by atoms with Crippen LogP contribution >= 0.6 is 0 Å². The molecule has 3 aromatic rings. The van der Waals surface area contributed by atoms with Crippen LogP contribution in [0.2, 0.25) is 0 Å². The van der Waals surface area contributed by atoms with E-state index in [-0.39, 0.29) is 15.6 Å². The molecule has 0 aliphatic heterocycles. The molecule has 1 nitrogen and oxygen atoms in total. The van der Waals surface area contributed by atoms with Gasteiger partial charge in [0, 0.05) is 0 Å². The van der Waals surface area contributed by atoms with Crippen molar-refractivity contribution in [2.75, 3.05) is 0 Å². The zero-order valence-electron chi connectivity index (χ0n) is 15.8. The molecule has 3 rings (SSSR count). The quantitative estimate of drug-likeness (QED) is 0.327. The molecule has 0 aliphatic rings. The summed E-state index contributed by atoms with van der Waals surface area (Å²) >= 11 is 0. The Morgan fingerprint density at radius 2 is 0.594 bits per heavy atom. The van der Waals surface area contributed by atoms with E-state index in [1.165, 1.54) is 0 Å². The number of hydrogen-bond donors (Lipinski definition) is 1. The van der Waals surface area contributed by atoms with Crippen LogP contribution in [0.3, 0.4) is 0 Å². The Morgan fingerprint density at radius 1 is 0.406 bits per heavy atom. The molecule has 170 valence electrons. The Balaban J connectivity index is 2.17. The molecule has 0 heterocycles. The monoisotopic (exact) mass is 480 g/mol. The SMILES string of the molecule is O[Si](c1ccc(C(F)(F)F)cc1)(c1ccc(C(F)(F)F)cc1)c1ccc(C(F)(F)F)cc1. The predicted octanol–water partition coefficient (Wildman–Crippen LogP) is 4.70. The molecule has 0 aliphatic carbocycles. The number of hydrogen-bond acceptors (Lipinski definition) is 1. The smallest absolute Gasteiger partial charge is 0.416 e. The molecule has 0 spiro atoms. The first-order chi connectivity index (χ1) is 14.6. The van der Waals surface area contributed by atoms with E-state index in [1.54, 1.807) is 0 Å². The zero-order chi connectivity index (χ0) is 23.9. The third kappa shape index (κ3) is 4.68. The predicted molar refractivity (Wildman–Crippen MR) is 101 cm³/mol. The van der Waals surface area contributed by atoms with Gasteiger partial charge in [-0.3, -0.25) is 0 Å². The van der Waals surface area contributed by atoms with Crippen LogP contribution in [0, 0.1) is 0 Å². The first-order valence-corrected chi connectivity index (χ1v) is 10.8. The van der Waals surface area contributed by atoms with E-state index in [4.69, 9.17) is 0 Å². The van der Waals surface area contributed by atoms with Crippen molar-refractivity contribution in [2.24, 2.45) is 0 Å². The first-order valence-electron chi connectivity index (χ1n) is 8.89. The lowest BCUT2D eigenvalue weighted by molar-refractivity contribution is -0.138. The van der Waals surface area contributed by atoms with Gasteiger partial charge in [-0.25, -0.2) is 0 Å². The van der Waals surface area contributed by atoms with Crippen molar-refractivity contribution in [3.63, 3.8) is 0 Å². The molecule has 3 aromatic carbocycles. The topological polar surface area (TPSA) is 20.2 Å². The number of halogens is 9. The van der Waals surface area contributed by atoms with Crippen LogP contribution in [-0.2, 0) is 18.5 Å². The van der Waals surface area contributed by atoms with Crippen molar-refractivity contribution in [3.8, 4) is 0 Å². The van der Waals surface area contributed by atoms with Gasteiger partial charge in [0.2, 0.25) is 0 Å². The van der Waals surface area contributed by atoms with Gasteiger partial charge in [0.1, 0.15) is 0 Å². The normalized spacial score (nSPS) is 13.3. The third-order valence-electron chi connectivity index (χ3n) is 4.89. The minimum Gasteiger partial charge on any atom is -0.421 e. The highest BCUT2D eigenvalue weighted by Crippen LogP contribution is 2.30. The molecule has 0 atom stereocenters. The van der Waals surface area contributed by atoms with Gasteiger partial charge in [-0.2, -0.15) is 39.5 Å². The molecule has 0 aromatic heterocycles. The Labute approximate surface area is 176 Å². The Bertz CT molecular complexity index is 926. The second-order valence-corrected chi connectivity index (χ2v) is 10.1. The molecular weight excluding hydrogens is 467 g/mol. The summed E-state index contributed by atoms with van der Waals surface area (Å²) in [6.07, 6.45) is -14.0. The van der Waals surface area contributed by atoms with Crippen LogP contribution in [0.4, 0.5) is 39.5 Å². The van der Waals surface area contributed by atoms with Gasteiger partial charge in [0.15, 0.2) is 0 Å². The molecule has 32 heavy (non-hydrogen) atoms. The van der Waals surface area contributed by atoms with E-state index in [0.29, 0.717) is 36.4 Å². The molecule has 0 saturated heterocycles. The molecule has 0 bridgehead atoms. The van der Waals surface area contributed by atoms with Gasteiger partial charge < -0.3 is 4.80 Å².